The Morgan fingerprint density at radius 1 is 1.10 bits per heavy atom. The molecule has 0 spiro atoms. The molecule has 0 saturated carbocycles. The largest absolute Gasteiger partial charge is 0.478 e. The Labute approximate surface area is 177 Å². The van der Waals surface area contributed by atoms with Crippen LogP contribution in [0.25, 0.3) is 11.6 Å². The van der Waals surface area contributed by atoms with Crippen LogP contribution in [0.5, 0.6) is 0 Å². The SMILES string of the molecule is CC1CC2=C(CCc3ccccc32)C(c2ccc(/C=C/C(=O)O)cc2)N1C1COC1. The molecule has 4 nitrogen and oxygen atoms in total. The van der Waals surface area contributed by atoms with Crippen molar-refractivity contribution in [2.75, 3.05) is 13.2 Å². The second-order valence-corrected chi connectivity index (χ2v) is 8.59. The van der Waals surface area contributed by atoms with E-state index in [4.69, 9.17) is 9.84 Å². The van der Waals surface area contributed by atoms with Crippen molar-refractivity contribution in [2.24, 2.45) is 0 Å². The molecule has 3 aliphatic rings. The predicted octanol–water partition coefficient (Wildman–Crippen LogP) is 4.72. The van der Waals surface area contributed by atoms with Gasteiger partial charge in [-0.3, -0.25) is 4.90 Å². The molecule has 30 heavy (non-hydrogen) atoms. The normalized spacial score (nSPS) is 24.4. The number of benzene rings is 2. The van der Waals surface area contributed by atoms with E-state index in [1.54, 1.807) is 11.6 Å². The van der Waals surface area contributed by atoms with Gasteiger partial charge >= 0.3 is 5.97 Å². The maximum atomic E-state index is 10.8. The molecule has 0 amide bonds. The van der Waals surface area contributed by atoms with Gasteiger partial charge in [0, 0.05) is 12.1 Å². The topological polar surface area (TPSA) is 49.8 Å². The van der Waals surface area contributed by atoms with Crippen LogP contribution in [-0.2, 0) is 16.0 Å². The molecule has 1 fully saturated rings. The predicted molar refractivity (Wildman–Crippen MR) is 118 cm³/mol. The minimum absolute atomic E-state index is 0.253. The first-order valence-corrected chi connectivity index (χ1v) is 10.8. The standard InChI is InChI=1S/C26H27NO3/c1-17-14-24-22-5-3-2-4-19(22)11-12-23(24)26(27(17)21-15-30-16-21)20-9-6-18(7-10-20)8-13-25(28)29/h2-10,13,17,21,26H,11-12,14-16H2,1H3,(H,28,29)/b13-8+. The Hall–Kier alpha value is -2.69. The van der Waals surface area contributed by atoms with Crippen molar-refractivity contribution in [3.63, 3.8) is 0 Å². The van der Waals surface area contributed by atoms with Crippen LogP contribution in [0.1, 0.15) is 48.1 Å². The molecule has 2 aromatic carbocycles. The van der Waals surface area contributed by atoms with Crippen molar-refractivity contribution < 1.29 is 14.6 Å². The summed E-state index contributed by atoms with van der Waals surface area (Å²) in [7, 11) is 0. The summed E-state index contributed by atoms with van der Waals surface area (Å²) in [5.41, 5.74) is 8.17. The van der Waals surface area contributed by atoms with Crippen molar-refractivity contribution in [1.82, 2.24) is 4.90 Å². The molecule has 1 aliphatic carbocycles. The number of ether oxygens (including phenoxy) is 1. The van der Waals surface area contributed by atoms with E-state index in [1.165, 1.54) is 28.3 Å². The van der Waals surface area contributed by atoms with Gasteiger partial charge in [0.15, 0.2) is 0 Å². The summed E-state index contributed by atoms with van der Waals surface area (Å²) in [6, 6.07) is 18.4. The fourth-order valence-electron chi connectivity index (χ4n) is 5.30. The van der Waals surface area contributed by atoms with E-state index in [9.17, 15) is 4.79 Å². The van der Waals surface area contributed by atoms with Crippen LogP contribution in [0.2, 0.25) is 0 Å². The number of rotatable bonds is 4. The molecule has 2 unspecified atom stereocenters. The lowest BCUT2D eigenvalue weighted by molar-refractivity contribution is -0.131. The van der Waals surface area contributed by atoms with Crippen LogP contribution >= 0.6 is 0 Å². The molecular weight excluding hydrogens is 374 g/mol. The number of hydrogen-bond donors (Lipinski definition) is 1. The fraction of sp³-hybridized carbons (Fsp3) is 0.346. The minimum Gasteiger partial charge on any atom is -0.478 e. The van der Waals surface area contributed by atoms with Gasteiger partial charge in [0.1, 0.15) is 0 Å². The average Bonchev–Trinajstić information content (AvgIpc) is 2.72. The number of carboxylic acids is 1. The van der Waals surface area contributed by atoms with Crippen molar-refractivity contribution in [3.05, 3.63) is 82.4 Å². The molecule has 0 bridgehead atoms. The number of aryl methyl sites for hydroxylation is 1. The zero-order valence-corrected chi connectivity index (χ0v) is 17.3. The summed E-state index contributed by atoms with van der Waals surface area (Å²) >= 11 is 0. The summed E-state index contributed by atoms with van der Waals surface area (Å²) in [4.78, 5) is 13.5. The monoisotopic (exact) mass is 401 g/mol. The summed E-state index contributed by atoms with van der Waals surface area (Å²) < 4.78 is 5.56. The first kappa shape index (κ1) is 19.3. The highest BCUT2D eigenvalue weighted by Crippen LogP contribution is 2.48. The Bertz CT molecular complexity index is 1020. The average molecular weight is 402 g/mol. The smallest absolute Gasteiger partial charge is 0.328 e. The lowest BCUT2D eigenvalue weighted by Gasteiger charge is -2.51. The zero-order chi connectivity index (χ0) is 20.7. The summed E-state index contributed by atoms with van der Waals surface area (Å²) in [6.07, 6.45) is 6.10. The Balaban J connectivity index is 1.58. The number of hydrogen-bond acceptors (Lipinski definition) is 3. The fourth-order valence-corrected chi connectivity index (χ4v) is 5.30. The van der Waals surface area contributed by atoms with Gasteiger partial charge in [0.25, 0.3) is 0 Å². The Morgan fingerprint density at radius 3 is 2.57 bits per heavy atom. The molecule has 1 saturated heterocycles. The summed E-state index contributed by atoms with van der Waals surface area (Å²) in [6.45, 7) is 3.95. The molecule has 4 heteroatoms. The van der Waals surface area contributed by atoms with Gasteiger partial charge in [0.2, 0.25) is 0 Å². The molecule has 2 aromatic rings. The van der Waals surface area contributed by atoms with E-state index < -0.39 is 5.97 Å². The van der Waals surface area contributed by atoms with Crippen molar-refractivity contribution in [3.8, 4) is 0 Å². The van der Waals surface area contributed by atoms with Gasteiger partial charge in [0.05, 0.1) is 25.3 Å². The lowest BCUT2D eigenvalue weighted by Crippen LogP contribution is -2.56. The molecule has 2 aliphatic heterocycles. The van der Waals surface area contributed by atoms with Crippen molar-refractivity contribution in [1.29, 1.82) is 0 Å². The van der Waals surface area contributed by atoms with Crippen LogP contribution < -0.4 is 0 Å². The third kappa shape index (κ3) is 3.40. The number of carboxylic acid groups (broad SMARTS) is 1. The maximum Gasteiger partial charge on any atom is 0.328 e. The molecular formula is C26H27NO3. The van der Waals surface area contributed by atoms with E-state index in [0.29, 0.717) is 12.1 Å². The second-order valence-electron chi connectivity index (χ2n) is 8.59. The van der Waals surface area contributed by atoms with Gasteiger partial charge in [-0.1, -0.05) is 48.5 Å². The van der Waals surface area contributed by atoms with E-state index in [0.717, 1.165) is 38.0 Å². The zero-order valence-electron chi connectivity index (χ0n) is 17.3. The number of aliphatic carboxylic acids is 1. The molecule has 5 rings (SSSR count). The third-order valence-electron chi connectivity index (χ3n) is 6.74. The van der Waals surface area contributed by atoms with Crippen LogP contribution in [0, 0.1) is 0 Å². The molecule has 1 N–H and O–H groups in total. The quantitative estimate of drug-likeness (QED) is 0.754. The summed E-state index contributed by atoms with van der Waals surface area (Å²) in [5, 5.41) is 8.89. The first-order valence-electron chi connectivity index (χ1n) is 10.8. The van der Waals surface area contributed by atoms with Gasteiger partial charge in [-0.15, -0.1) is 0 Å². The second kappa shape index (κ2) is 7.86. The third-order valence-corrected chi connectivity index (χ3v) is 6.74. The highest BCUT2D eigenvalue weighted by molar-refractivity contribution is 5.85. The lowest BCUT2D eigenvalue weighted by atomic mass is 9.74. The molecule has 2 heterocycles. The highest BCUT2D eigenvalue weighted by atomic mass is 16.5. The van der Waals surface area contributed by atoms with Crippen LogP contribution in [0.3, 0.4) is 0 Å². The molecule has 0 aromatic heterocycles. The van der Waals surface area contributed by atoms with Gasteiger partial charge in [-0.05, 0) is 65.7 Å². The molecule has 2 atom stereocenters. The van der Waals surface area contributed by atoms with Gasteiger partial charge in [-0.2, -0.15) is 0 Å². The number of carbonyl (C=O) groups is 1. The first-order chi connectivity index (χ1) is 14.6. The van der Waals surface area contributed by atoms with E-state index in [2.05, 4.69) is 48.2 Å². The van der Waals surface area contributed by atoms with Crippen LogP contribution in [0.4, 0.5) is 0 Å². The number of fused-ring (bicyclic) bond motifs is 2. The molecule has 0 radical (unpaired) electrons. The summed E-state index contributed by atoms with van der Waals surface area (Å²) in [5.74, 6) is -0.924. The minimum atomic E-state index is -0.924. The van der Waals surface area contributed by atoms with Crippen molar-refractivity contribution >= 4 is 17.6 Å². The Morgan fingerprint density at radius 2 is 1.87 bits per heavy atom. The van der Waals surface area contributed by atoms with E-state index in [-0.39, 0.29) is 6.04 Å². The van der Waals surface area contributed by atoms with Crippen molar-refractivity contribution in [2.45, 2.75) is 44.3 Å². The van der Waals surface area contributed by atoms with E-state index >= 15 is 0 Å². The molecule has 154 valence electrons. The van der Waals surface area contributed by atoms with Crippen LogP contribution in [0.15, 0.2) is 60.2 Å². The maximum absolute atomic E-state index is 10.8. The van der Waals surface area contributed by atoms with Crippen LogP contribution in [-0.4, -0.2) is 41.3 Å². The Kier molecular flexibility index (Phi) is 5.05. The van der Waals surface area contributed by atoms with E-state index in [1.807, 2.05) is 12.1 Å². The number of nitrogens with zero attached hydrogens (tertiary/aromatic N) is 1. The van der Waals surface area contributed by atoms with Gasteiger partial charge in [-0.25, -0.2) is 4.79 Å². The van der Waals surface area contributed by atoms with Gasteiger partial charge < -0.3 is 9.84 Å². The highest BCUT2D eigenvalue weighted by Gasteiger charge is 2.42.